The maximum Gasteiger partial charge on any atom is 0.332 e. The average molecular weight is 464 g/mol. The number of imide groups is 2. The number of hydrogen-bond acceptors (Lipinski definition) is 4. The molecule has 0 spiro atoms. The summed E-state index contributed by atoms with van der Waals surface area (Å²) in [4.78, 5) is 58.9. The number of urea groups is 1. The van der Waals surface area contributed by atoms with E-state index in [1.54, 1.807) is 19.1 Å². The summed E-state index contributed by atoms with van der Waals surface area (Å²) in [5, 5.41) is 0. The minimum atomic E-state index is -1.53. The number of nitrogens with zero attached hydrogens (tertiary/aromatic N) is 3. The molecule has 4 atom stereocenters. The lowest BCUT2D eigenvalue weighted by molar-refractivity contribution is -0.144. The molecule has 7 nitrogen and oxygen atoms in total. The van der Waals surface area contributed by atoms with E-state index in [0.29, 0.717) is 5.56 Å². The molecular formula is C26H26FN3O4. The van der Waals surface area contributed by atoms with Gasteiger partial charge in [0.15, 0.2) is 0 Å². The largest absolute Gasteiger partial charge is 0.332 e. The molecule has 2 aromatic carbocycles. The van der Waals surface area contributed by atoms with E-state index < -0.39 is 47.1 Å². The Kier molecular flexibility index (Phi) is 5.07. The summed E-state index contributed by atoms with van der Waals surface area (Å²) in [6.07, 6.45) is 0.213. The molecule has 0 N–H and O–H groups in total. The monoisotopic (exact) mass is 463 g/mol. The van der Waals surface area contributed by atoms with Gasteiger partial charge in [0.25, 0.3) is 5.91 Å². The number of likely N-dealkylation sites (tertiary alicyclic amines) is 1. The van der Waals surface area contributed by atoms with Gasteiger partial charge in [0.05, 0.1) is 23.6 Å². The van der Waals surface area contributed by atoms with Crippen molar-refractivity contribution in [3.8, 4) is 0 Å². The molecule has 3 aliphatic rings. The molecule has 0 aliphatic carbocycles. The van der Waals surface area contributed by atoms with Crippen molar-refractivity contribution in [2.24, 2.45) is 17.8 Å². The smallest absolute Gasteiger partial charge is 0.300 e. The van der Waals surface area contributed by atoms with Crippen LogP contribution < -0.4 is 4.90 Å². The molecular weight excluding hydrogens is 437 g/mol. The van der Waals surface area contributed by atoms with E-state index in [1.165, 1.54) is 28.0 Å². The van der Waals surface area contributed by atoms with Gasteiger partial charge in [0.1, 0.15) is 11.4 Å². The standard InChI is InChI=1S/C26H26FN3O4/c1-4-28-22(31)19-20(23(28)32)26(14-15(2)3)24(33)29(18-12-8-11-17(27)13-18)25(34)30(26)21(19)16-9-6-5-7-10-16/h5-13,15,19-21H,4,14H2,1-3H3/t19-,20-,21-,26-/m1/s1. The molecule has 3 fully saturated rings. The van der Waals surface area contributed by atoms with E-state index in [4.69, 9.17) is 0 Å². The Morgan fingerprint density at radius 3 is 2.29 bits per heavy atom. The number of amides is 5. The van der Waals surface area contributed by atoms with E-state index in [0.717, 1.165) is 11.0 Å². The Bertz CT molecular complexity index is 1200. The molecule has 2 aromatic rings. The third kappa shape index (κ3) is 2.80. The van der Waals surface area contributed by atoms with Gasteiger partial charge in [0.2, 0.25) is 11.8 Å². The fraction of sp³-hybridized carbons (Fsp3) is 0.385. The Balaban J connectivity index is 1.77. The van der Waals surface area contributed by atoms with Crippen LogP contribution >= 0.6 is 0 Å². The Hall–Kier alpha value is -3.55. The van der Waals surface area contributed by atoms with E-state index in [2.05, 4.69) is 0 Å². The number of rotatable bonds is 5. The van der Waals surface area contributed by atoms with Crippen molar-refractivity contribution in [3.63, 3.8) is 0 Å². The van der Waals surface area contributed by atoms with Gasteiger partial charge in [-0.2, -0.15) is 0 Å². The van der Waals surface area contributed by atoms with E-state index >= 15 is 0 Å². The third-order valence-corrected chi connectivity index (χ3v) is 7.22. The quantitative estimate of drug-likeness (QED) is 0.500. The molecule has 0 bridgehead atoms. The number of carbonyl (C=O) groups excluding carboxylic acids is 4. The fourth-order valence-electron chi connectivity index (χ4n) is 6.14. The summed E-state index contributed by atoms with van der Waals surface area (Å²) in [7, 11) is 0. The molecule has 0 radical (unpaired) electrons. The number of carbonyl (C=O) groups is 4. The summed E-state index contributed by atoms with van der Waals surface area (Å²) in [5.41, 5.74) is -0.733. The highest BCUT2D eigenvalue weighted by atomic mass is 19.1. The molecule has 8 heteroatoms. The SMILES string of the molecule is CCN1C(=O)[C@H]2[C@@H](c3ccccc3)N3C(=O)N(c4cccc(F)c4)C(=O)[C@@]3(CC(C)C)[C@H]2C1=O. The summed E-state index contributed by atoms with van der Waals surface area (Å²) in [5.74, 6) is -3.85. The second-order valence-electron chi connectivity index (χ2n) is 9.57. The maximum atomic E-state index is 14.2. The van der Waals surface area contributed by atoms with Crippen LogP contribution in [-0.4, -0.2) is 45.6 Å². The van der Waals surface area contributed by atoms with Crippen molar-refractivity contribution >= 4 is 29.4 Å². The highest BCUT2D eigenvalue weighted by molar-refractivity contribution is 6.26. The number of fused-ring (bicyclic) bond motifs is 3. The molecule has 3 saturated heterocycles. The molecule has 0 unspecified atom stereocenters. The zero-order chi connectivity index (χ0) is 24.4. The third-order valence-electron chi connectivity index (χ3n) is 7.22. The topological polar surface area (TPSA) is 78.0 Å². The maximum absolute atomic E-state index is 14.2. The van der Waals surface area contributed by atoms with Crippen LogP contribution in [-0.2, 0) is 14.4 Å². The Morgan fingerprint density at radius 2 is 1.68 bits per heavy atom. The molecule has 3 heterocycles. The molecule has 34 heavy (non-hydrogen) atoms. The van der Waals surface area contributed by atoms with E-state index in [9.17, 15) is 23.6 Å². The normalized spacial score (nSPS) is 28.4. The average Bonchev–Trinajstić information content (AvgIpc) is 3.31. The van der Waals surface area contributed by atoms with Crippen LogP contribution in [0.3, 0.4) is 0 Å². The van der Waals surface area contributed by atoms with Gasteiger partial charge >= 0.3 is 6.03 Å². The zero-order valence-corrected chi connectivity index (χ0v) is 19.3. The van der Waals surface area contributed by atoms with Crippen LogP contribution in [0.1, 0.15) is 38.8 Å². The van der Waals surface area contributed by atoms with Gasteiger partial charge in [-0.3, -0.25) is 19.3 Å². The lowest BCUT2D eigenvalue weighted by atomic mass is 9.74. The molecule has 0 aromatic heterocycles. The van der Waals surface area contributed by atoms with E-state index in [-0.39, 0.29) is 30.5 Å². The Labute approximate surface area is 197 Å². The van der Waals surface area contributed by atoms with Crippen molar-refractivity contribution < 1.29 is 23.6 Å². The predicted octanol–water partition coefficient (Wildman–Crippen LogP) is 3.76. The molecule has 176 valence electrons. The van der Waals surface area contributed by atoms with Crippen molar-refractivity contribution in [1.82, 2.24) is 9.80 Å². The van der Waals surface area contributed by atoms with Crippen molar-refractivity contribution in [3.05, 3.63) is 66.0 Å². The number of hydrogen-bond donors (Lipinski definition) is 0. The highest BCUT2D eigenvalue weighted by Crippen LogP contribution is 2.60. The van der Waals surface area contributed by atoms with Gasteiger partial charge < -0.3 is 4.90 Å². The second-order valence-corrected chi connectivity index (χ2v) is 9.57. The Morgan fingerprint density at radius 1 is 0.971 bits per heavy atom. The van der Waals surface area contributed by atoms with Crippen molar-refractivity contribution in [2.75, 3.05) is 11.4 Å². The summed E-state index contributed by atoms with van der Waals surface area (Å²) >= 11 is 0. The number of benzene rings is 2. The molecule has 0 saturated carbocycles. The molecule has 5 rings (SSSR count). The van der Waals surface area contributed by atoms with Gasteiger partial charge in [0, 0.05) is 6.54 Å². The van der Waals surface area contributed by atoms with Gasteiger partial charge in [-0.1, -0.05) is 50.2 Å². The van der Waals surface area contributed by atoms with Crippen molar-refractivity contribution in [1.29, 1.82) is 0 Å². The van der Waals surface area contributed by atoms with Gasteiger partial charge in [-0.15, -0.1) is 0 Å². The minimum Gasteiger partial charge on any atom is -0.300 e. The summed E-state index contributed by atoms with van der Waals surface area (Å²) < 4.78 is 14.1. The van der Waals surface area contributed by atoms with Crippen molar-refractivity contribution in [2.45, 2.75) is 38.8 Å². The number of anilines is 1. The summed E-state index contributed by atoms with van der Waals surface area (Å²) in [6, 6.07) is 12.9. The highest BCUT2D eigenvalue weighted by Gasteiger charge is 2.77. The molecule has 5 amide bonds. The van der Waals surface area contributed by atoms with E-state index in [1.807, 2.05) is 32.0 Å². The van der Waals surface area contributed by atoms with Crippen LogP contribution in [0.5, 0.6) is 0 Å². The van der Waals surface area contributed by atoms with Crippen LogP contribution in [0.4, 0.5) is 14.9 Å². The fourth-order valence-corrected chi connectivity index (χ4v) is 6.14. The van der Waals surface area contributed by atoms with Gasteiger partial charge in [-0.25, -0.2) is 14.1 Å². The van der Waals surface area contributed by atoms with Crippen LogP contribution in [0, 0.1) is 23.6 Å². The minimum absolute atomic E-state index is 0.0551. The zero-order valence-electron chi connectivity index (χ0n) is 19.3. The first kappa shape index (κ1) is 22.3. The first-order chi connectivity index (χ1) is 16.2. The lowest BCUT2D eigenvalue weighted by Crippen LogP contribution is -2.54. The van der Waals surface area contributed by atoms with Gasteiger partial charge in [-0.05, 0) is 43.0 Å². The van der Waals surface area contributed by atoms with Crippen LogP contribution in [0.15, 0.2) is 54.6 Å². The predicted molar refractivity (Wildman–Crippen MR) is 122 cm³/mol. The molecule has 3 aliphatic heterocycles. The van der Waals surface area contributed by atoms with Crippen LogP contribution in [0.2, 0.25) is 0 Å². The van der Waals surface area contributed by atoms with Crippen LogP contribution in [0.25, 0.3) is 0 Å². The first-order valence-electron chi connectivity index (χ1n) is 11.6. The summed E-state index contributed by atoms with van der Waals surface area (Å²) in [6.45, 7) is 5.75. The first-order valence-corrected chi connectivity index (χ1v) is 11.6. The number of halogens is 1. The lowest BCUT2D eigenvalue weighted by Gasteiger charge is -2.36. The second kappa shape index (κ2) is 7.75.